The Balaban J connectivity index is 2.92. The zero-order valence-corrected chi connectivity index (χ0v) is 7.77. The van der Waals surface area contributed by atoms with Gasteiger partial charge in [0.2, 0.25) is 0 Å². The molecule has 1 aromatic rings. The van der Waals surface area contributed by atoms with Crippen LogP contribution in [0, 0.1) is 0 Å². The third-order valence-corrected chi connectivity index (χ3v) is 1.91. The van der Waals surface area contributed by atoms with Crippen LogP contribution in [-0.4, -0.2) is 5.71 Å². The van der Waals surface area contributed by atoms with E-state index in [0.717, 1.165) is 12.1 Å². The topological polar surface area (TPSA) is 12.4 Å². The molecule has 0 saturated carbocycles. The average molecular weight is 165 g/mol. The normalized spacial score (nSPS) is 11.6. The molecule has 1 aromatic carbocycles. The summed E-state index contributed by atoms with van der Waals surface area (Å²) >= 11 is 0. The van der Waals surface area contributed by atoms with Crippen LogP contribution in [0.25, 0.3) is 0 Å². The Hall–Kier alpha value is -0.680. The van der Waals surface area contributed by atoms with Gasteiger partial charge in [-0.3, -0.25) is 4.76 Å². The molecule has 0 radical (unpaired) electrons. The van der Waals surface area contributed by atoms with Gasteiger partial charge >= 0.3 is 0 Å². The Morgan fingerprint density at radius 1 is 1.36 bits per heavy atom. The first kappa shape index (κ1) is 8.42. The fourth-order valence-electron chi connectivity index (χ4n) is 1.00. The van der Waals surface area contributed by atoms with Crippen LogP contribution in [0.15, 0.2) is 35.1 Å². The second-order valence-electron chi connectivity index (χ2n) is 2.30. The molecule has 0 aromatic heterocycles. The highest BCUT2D eigenvalue weighted by Gasteiger charge is 1.96. The van der Waals surface area contributed by atoms with Crippen LogP contribution in [0.1, 0.15) is 18.9 Å². The third kappa shape index (κ3) is 2.13. The SMILES string of the molecule is CCC(=NP)c1ccccc1. The summed E-state index contributed by atoms with van der Waals surface area (Å²) in [6, 6.07) is 10.2. The standard InChI is InChI=1S/C9H12NP/c1-2-9(10-11)8-6-4-3-5-7-8/h3-7H,2,11H2,1H3. The summed E-state index contributed by atoms with van der Waals surface area (Å²) in [7, 11) is 2.40. The van der Waals surface area contributed by atoms with Crippen LogP contribution in [0.4, 0.5) is 0 Å². The van der Waals surface area contributed by atoms with E-state index in [1.807, 2.05) is 18.2 Å². The van der Waals surface area contributed by atoms with Crippen molar-refractivity contribution in [3.8, 4) is 0 Å². The minimum atomic E-state index is 0.980. The van der Waals surface area contributed by atoms with Gasteiger partial charge in [0.15, 0.2) is 0 Å². The zero-order chi connectivity index (χ0) is 8.10. The molecular weight excluding hydrogens is 153 g/mol. The van der Waals surface area contributed by atoms with Crippen molar-refractivity contribution < 1.29 is 0 Å². The second kappa shape index (κ2) is 4.25. The number of hydrogen-bond acceptors (Lipinski definition) is 1. The van der Waals surface area contributed by atoms with Crippen molar-refractivity contribution >= 4 is 15.1 Å². The molecule has 1 rings (SSSR count). The van der Waals surface area contributed by atoms with E-state index in [2.05, 4.69) is 33.2 Å². The van der Waals surface area contributed by atoms with Gasteiger partial charge in [0, 0.05) is 5.71 Å². The van der Waals surface area contributed by atoms with E-state index in [-0.39, 0.29) is 0 Å². The summed E-state index contributed by atoms with van der Waals surface area (Å²) in [5, 5.41) is 0. The monoisotopic (exact) mass is 165 g/mol. The lowest BCUT2D eigenvalue weighted by Gasteiger charge is -2.00. The van der Waals surface area contributed by atoms with E-state index in [9.17, 15) is 0 Å². The Bertz CT molecular complexity index is 241. The van der Waals surface area contributed by atoms with Crippen LogP contribution in [-0.2, 0) is 0 Å². The van der Waals surface area contributed by atoms with E-state index in [1.54, 1.807) is 0 Å². The fraction of sp³-hybridized carbons (Fsp3) is 0.222. The third-order valence-electron chi connectivity index (χ3n) is 1.60. The minimum Gasteiger partial charge on any atom is -0.272 e. The smallest absolute Gasteiger partial charge is 0.0455 e. The summed E-state index contributed by atoms with van der Waals surface area (Å²) in [6.07, 6.45) is 0.980. The van der Waals surface area contributed by atoms with Gasteiger partial charge < -0.3 is 0 Å². The van der Waals surface area contributed by atoms with Gasteiger partial charge in [-0.15, -0.1) is 0 Å². The summed E-state index contributed by atoms with van der Waals surface area (Å²) < 4.78 is 4.11. The average Bonchev–Trinajstić information content (AvgIpc) is 2.09. The molecule has 1 unspecified atom stereocenters. The molecule has 0 fully saturated rings. The van der Waals surface area contributed by atoms with Crippen molar-refractivity contribution in [1.82, 2.24) is 0 Å². The molecular formula is C9H12NP. The number of benzene rings is 1. The van der Waals surface area contributed by atoms with Gasteiger partial charge in [-0.2, -0.15) is 0 Å². The van der Waals surface area contributed by atoms with E-state index in [1.165, 1.54) is 5.56 Å². The molecule has 1 atom stereocenters. The van der Waals surface area contributed by atoms with Crippen molar-refractivity contribution in [2.75, 3.05) is 0 Å². The molecule has 1 nitrogen and oxygen atoms in total. The predicted molar refractivity (Wildman–Crippen MR) is 53.0 cm³/mol. The Kier molecular flexibility index (Phi) is 3.25. The maximum absolute atomic E-state index is 4.11. The Morgan fingerprint density at radius 2 is 2.00 bits per heavy atom. The van der Waals surface area contributed by atoms with Crippen molar-refractivity contribution in [2.24, 2.45) is 4.76 Å². The lowest BCUT2D eigenvalue weighted by atomic mass is 10.1. The molecule has 58 valence electrons. The fourth-order valence-corrected chi connectivity index (χ4v) is 1.33. The van der Waals surface area contributed by atoms with Gasteiger partial charge in [0.05, 0.1) is 0 Å². The van der Waals surface area contributed by atoms with Gasteiger partial charge in [-0.05, 0) is 21.4 Å². The molecule has 0 aliphatic heterocycles. The molecule has 0 heterocycles. The molecule has 2 heteroatoms. The van der Waals surface area contributed by atoms with Crippen LogP contribution in [0.5, 0.6) is 0 Å². The van der Waals surface area contributed by atoms with Crippen LogP contribution in [0.3, 0.4) is 0 Å². The molecule has 0 saturated heterocycles. The molecule has 0 spiro atoms. The summed E-state index contributed by atoms with van der Waals surface area (Å²) in [5.41, 5.74) is 2.35. The molecule has 0 aliphatic carbocycles. The van der Waals surface area contributed by atoms with Gasteiger partial charge in [0.25, 0.3) is 0 Å². The number of rotatable bonds is 2. The number of hydrogen-bond donors (Lipinski definition) is 0. The zero-order valence-electron chi connectivity index (χ0n) is 6.62. The molecule has 0 bridgehead atoms. The molecule has 0 aliphatic rings. The van der Waals surface area contributed by atoms with E-state index in [0.29, 0.717) is 0 Å². The molecule has 0 N–H and O–H groups in total. The summed E-state index contributed by atoms with van der Waals surface area (Å²) in [4.78, 5) is 0. The highest BCUT2D eigenvalue weighted by Crippen LogP contribution is 2.05. The molecule has 0 amide bonds. The highest BCUT2D eigenvalue weighted by atomic mass is 31.0. The first-order valence-electron chi connectivity index (χ1n) is 3.70. The minimum absolute atomic E-state index is 0.980. The maximum Gasteiger partial charge on any atom is 0.0455 e. The van der Waals surface area contributed by atoms with Gasteiger partial charge in [-0.1, -0.05) is 37.3 Å². The van der Waals surface area contributed by atoms with Crippen LogP contribution < -0.4 is 0 Å². The van der Waals surface area contributed by atoms with Crippen molar-refractivity contribution in [3.05, 3.63) is 35.9 Å². The van der Waals surface area contributed by atoms with Crippen molar-refractivity contribution in [1.29, 1.82) is 0 Å². The van der Waals surface area contributed by atoms with Crippen LogP contribution >= 0.6 is 9.39 Å². The maximum atomic E-state index is 4.11. The summed E-state index contributed by atoms with van der Waals surface area (Å²) in [5.74, 6) is 0. The lowest BCUT2D eigenvalue weighted by Crippen LogP contribution is -1.95. The second-order valence-corrected chi connectivity index (χ2v) is 2.55. The largest absolute Gasteiger partial charge is 0.272 e. The first-order valence-corrected chi connectivity index (χ1v) is 4.22. The predicted octanol–water partition coefficient (Wildman–Crippen LogP) is 2.68. The van der Waals surface area contributed by atoms with E-state index < -0.39 is 0 Å². The van der Waals surface area contributed by atoms with Gasteiger partial charge in [-0.25, -0.2) is 0 Å². The highest BCUT2D eigenvalue weighted by molar-refractivity contribution is 7.15. The van der Waals surface area contributed by atoms with Crippen LogP contribution in [0.2, 0.25) is 0 Å². The van der Waals surface area contributed by atoms with Crippen molar-refractivity contribution in [2.45, 2.75) is 13.3 Å². The quantitative estimate of drug-likeness (QED) is 0.472. The summed E-state index contributed by atoms with van der Waals surface area (Å²) in [6.45, 7) is 2.11. The Morgan fingerprint density at radius 3 is 2.45 bits per heavy atom. The van der Waals surface area contributed by atoms with Gasteiger partial charge in [0.1, 0.15) is 0 Å². The van der Waals surface area contributed by atoms with Crippen molar-refractivity contribution in [3.63, 3.8) is 0 Å². The Labute approximate surface area is 69.8 Å². The molecule has 11 heavy (non-hydrogen) atoms. The lowest BCUT2D eigenvalue weighted by molar-refractivity contribution is 1.28. The van der Waals surface area contributed by atoms with E-state index >= 15 is 0 Å². The first-order chi connectivity index (χ1) is 5.38. The number of nitrogens with zero attached hydrogens (tertiary/aromatic N) is 1. The van der Waals surface area contributed by atoms with E-state index in [4.69, 9.17) is 0 Å².